The van der Waals surface area contributed by atoms with Crippen LogP contribution in [0.4, 0.5) is 0 Å². The van der Waals surface area contributed by atoms with E-state index in [-0.39, 0.29) is 24.3 Å². The third-order valence-corrected chi connectivity index (χ3v) is 5.84. The number of hydrogen-bond acceptors (Lipinski definition) is 12. The Morgan fingerprint density at radius 1 is 0.842 bits per heavy atom. The van der Waals surface area contributed by atoms with Gasteiger partial charge in [0.25, 0.3) is 0 Å². The molecule has 12 heteroatoms. The highest BCUT2D eigenvalue weighted by Crippen LogP contribution is 2.35. The molecule has 6 N–H and O–H groups in total. The molecule has 0 saturated heterocycles. The summed E-state index contributed by atoms with van der Waals surface area (Å²) in [6.45, 7) is 0. The topological polar surface area (TPSA) is 200 Å². The van der Waals surface area contributed by atoms with E-state index in [0.717, 1.165) is 19.3 Å². The molecular weight excluding hydrogens is 504 g/mol. The van der Waals surface area contributed by atoms with Crippen LogP contribution in [0.2, 0.25) is 0 Å². The molecule has 4 atom stereocenters. The number of aliphatic hydroxyl groups excluding tert-OH is 1. The maximum absolute atomic E-state index is 12.5. The van der Waals surface area contributed by atoms with Gasteiger partial charge in [-0.05, 0) is 60.4 Å². The molecule has 0 heterocycles. The van der Waals surface area contributed by atoms with Crippen LogP contribution in [0.15, 0.2) is 48.6 Å². The van der Waals surface area contributed by atoms with Crippen molar-refractivity contribution in [3.63, 3.8) is 0 Å². The highest BCUT2D eigenvalue weighted by atomic mass is 16.6. The number of carbonyl (C=O) groups is 3. The number of hydrogen-bond donors (Lipinski definition) is 6. The molecule has 0 aromatic heterocycles. The monoisotopic (exact) mass is 530 g/mol. The largest absolute Gasteiger partial charge is 0.504 e. The van der Waals surface area contributed by atoms with Gasteiger partial charge in [-0.1, -0.05) is 12.1 Å². The fourth-order valence-corrected chi connectivity index (χ4v) is 3.81. The third-order valence-electron chi connectivity index (χ3n) is 5.84. The average molecular weight is 530 g/mol. The summed E-state index contributed by atoms with van der Waals surface area (Å²) in [7, 11) is 1.00. The lowest BCUT2D eigenvalue weighted by Gasteiger charge is -2.42. The number of rotatable bonds is 7. The van der Waals surface area contributed by atoms with Crippen LogP contribution >= 0.6 is 0 Å². The number of phenols is 4. The quantitative estimate of drug-likeness (QED) is 0.129. The summed E-state index contributed by atoms with van der Waals surface area (Å²) in [5, 5.41) is 59.6. The molecule has 0 bridgehead atoms. The average Bonchev–Trinajstić information content (AvgIpc) is 2.89. The Morgan fingerprint density at radius 2 is 1.34 bits per heavy atom. The van der Waals surface area contributed by atoms with E-state index in [1.54, 1.807) is 0 Å². The van der Waals surface area contributed by atoms with E-state index in [9.17, 15) is 45.0 Å². The first-order valence-electron chi connectivity index (χ1n) is 11.2. The first-order valence-corrected chi connectivity index (χ1v) is 11.2. The lowest BCUT2D eigenvalue weighted by molar-refractivity contribution is -0.221. The van der Waals surface area contributed by atoms with E-state index in [2.05, 4.69) is 4.74 Å². The fourth-order valence-electron chi connectivity index (χ4n) is 3.81. The van der Waals surface area contributed by atoms with Crippen LogP contribution in [0.5, 0.6) is 23.0 Å². The Morgan fingerprint density at radius 3 is 1.82 bits per heavy atom. The van der Waals surface area contributed by atoms with E-state index >= 15 is 0 Å². The normalized spacial score (nSPS) is 23.3. The molecule has 1 aliphatic rings. The van der Waals surface area contributed by atoms with Crippen LogP contribution in [-0.4, -0.2) is 79.6 Å². The van der Waals surface area contributed by atoms with Crippen LogP contribution in [-0.2, 0) is 28.6 Å². The van der Waals surface area contributed by atoms with E-state index in [1.165, 1.54) is 48.6 Å². The molecular formula is C26H26O12. The molecule has 2 aromatic carbocycles. The molecule has 1 aliphatic carbocycles. The molecule has 2 aromatic rings. The minimum Gasteiger partial charge on any atom is -0.504 e. The van der Waals surface area contributed by atoms with Crippen molar-refractivity contribution in [1.29, 1.82) is 0 Å². The second-order valence-corrected chi connectivity index (χ2v) is 8.44. The SMILES string of the molecule is COC(=O)[C@@]1(O)CC[C@@H](OC(=O)C=Cc2ccc(O)c(O)c2)[C@H](O)[C@@H]1OC(=O)C=Cc1ccc(O)c(O)c1. The molecule has 0 aliphatic heterocycles. The summed E-state index contributed by atoms with van der Waals surface area (Å²) >= 11 is 0. The predicted octanol–water partition coefficient (Wildman–Crippen LogP) is 1.12. The standard InChI is InChI=1S/C26H26O12/c1-36-25(34)26(35)11-10-20(37-21(31)8-4-14-2-6-16(27)18(29)12-14)23(33)24(26)38-22(32)9-5-15-3-7-17(28)19(30)13-15/h2-9,12-13,20,23-24,27-30,33,35H,10-11H2,1H3/t20-,23+,24+,26-/m1/s1. The van der Waals surface area contributed by atoms with Gasteiger partial charge in [0.15, 0.2) is 29.1 Å². The van der Waals surface area contributed by atoms with E-state index in [1.807, 2.05) is 0 Å². The van der Waals surface area contributed by atoms with E-state index in [4.69, 9.17) is 9.47 Å². The maximum atomic E-state index is 12.5. The summed E-state index contributed by atoms with van der Waals surface area (Å²) in [5.74, 6) is -4.70. The zero-order valence-electron chi connectivity index (χ0n) is 20.1. The molecule has 1 fully saturated rings. The summed E-state index contributed by atoms with van der Waals surface area (Å²) in [5.41, 5.74) is -1.76. The first-order chi connectivity index (χ1) is 17.9. The van der Waals surface area contributed by atoms with Crippen LogP contribution in [0.1, 0.15) is 24.0 Å². The zero-order valence-corrected chi connectivity index (χ0v) is 20.1. The highest BCUT2D eigenvalue weighted by Gasteiger charge is 2.57. The minimum absolute atomic E-state index is 0.178. The van der Waals surface area contributed by atoms with Crippen LogP contribution < -0.4 is 0 Å². The fraction of sp³-hybridized carbons (Fsp3) is 0.269. The van der Waals surface area contributed by atoms with Crippen LogP contribution in [0.3, 0.4) is 0 Å². The predicted molar refractivity (Wildman–Crippen MR) is 130 cm³/mol. The number of esters is 3. The Bertz CT molecular complexity index is 1270. The second kappa shape index (κ2) is 11.7. The van der Waals surface area contributed by atoms with Gasteiger partial charge in [0.2, 0.25) is 5.60 Å². The second-order valence-electron chi connectivity index (χ2n) is 8.44. The number of aromatic hydroxyl groups is 4. The molecule has 3 rings (SSSR count). The summed E-state index contributed by atoms with van der Waals surface area (Å²) in [4.78, 5) is 37.1. The molecule has 0 unspecified atom stereocenters. The van der Waals surface area contributed by atoms with Gasteiger partial charge in [0.05, 0.1) is 7.11 Å². The number of benzene rings is 2. The molecule has 0 amide bonds. The lowest BCUT2D eigenvalue weighted by Crippen LogP contribution is -2.63. The van der Waals surface area contributed by atoms with Gasteiger partial charge in [0, 0.05) is 12.2 Å². The van der Waals surface area contributed by atoms with Crippen LogP contribution in [0.25, 0.3) is 12.2 Å². The first kappa shape index (κ1) is 28.0. The van der Waals surface area contributed by atoms with Crippen molar-refractivity contribution in [2.75, 3.05) is 7.11 Å². The van der Waals surface area contributed by atoms with Crippen molar-refractivity contribution in [1.82, 2.24) is 0 Å². The number of carbonyl (C=O) groups excluding carboxylic acids is 3. The van der Waals surface area contributed by atoms with Crippen molar-refractivity contribution in [3.8, 4) is 23.0 Å². The summed E-state index contributed by atoms with van der Waals surface area (Å²) < 4.78 is 15.0. The molecule has 1 saturated carbocycles. The number of aliphatic hydroxyl groups is 2. The Hall–Kier alpha value is -4.55. The summed E-state index contributed by atoms with van der Waals surface area (Å²) in [6.07, 6.45) is -1.12. The molecule has 12 nitrogen and oxygen atoms in total. The van der Waals surface area contributed by atoms with Gasteiger partial charge < -0.3 is 44.8 Å². The van der Waals surface area contributed by atoms with Gasteiger partial charge in [-0.15, -0.1) is 0 Å². The van der Waals surface area contributed by atoms with Crippen molar-refractivity contribution >= 4 is 30.1 Å². The summed E-state index contributed by atoms with van der Waals surface area (Å²) in [6, 6.07) is 7.60. The van der Waals surface area contributed by atoms with Crippen LogP contribution in [0, 0.1) is 0 Å². The molecule has 0 radical (unpaired) electrons. The highest BCUT2D eigenvalue weighted by molar-refractivity contribution is 5.89. The van der Waals surface area contributed by atoms with Crippen molar-refractivity contribution in [2.45, 2.75) is 36.8 Å². The van der Waals surface area contributed by atoms with Gasteiger partial charge in [-0.2, -0.15) is 0 Å². The van der Waals surface area contributed by atoms with Gasteiger partial charge in [-0.3, -0.25) is 0 Å². The van der Waals surface area contributed by atoms with Crippen molar-refractivity contribution in [2.24, 2.45) is 0 Å². The Labute approximate surface area is 216 Å². The third kappa shape index (κ3) is 6.41. The molecule has 202 valence electrons. The number of methoxy groups -OCH3 is 1. The van der Waals surface area contributed by atoms with Gasteiger partial charge in [-0.25, -0.2) is 14.4 Å². The van der Waals surface area contributed by atoms with Crippen molar-refractivity contribution in [3.05, 3.63) is 59.7 Å². The van der Waals surface area contributed by atoms with E-state index < -0.39 is 53.3 Å². The lowest BCUT2D eigenvalue weighted by atomic mass is 9.78. The number of ether oxygens (including phenoxy) is 3. The van der Waals surface area contributed by atoms with E-state index in [0.29, 0.717) is 11.1 Å². The maximum Gasteiger partial charge on any atom is 0.341 e. The molecule has 38 heavy (non-hydrogen) atoms. The smallest absolute Gasteiger partial charge is 0.341 e. The van der Waals surface area contributed by atoms with Gasteiger partial charge in [0.1, 0.15) is 12.2 Å². The van der Waals surface area contributed by atoms with Crippen molar-refractivity contribution < 1.29 is 59.2 Å². The van der Waals surface area contributed by atoms with Gasteiger partial charge >= 0.3 is 17.9 Å². The zero-order chi connectivity index (χ0) is 28.0. The Balaban J connectivity index is 1.74. The number of phenolic OH excluding ortho intramolecular Hbond substituents is 4. The minimum atomic E-state index is -2.43. The Kier molecular flexibility index (Phi) is 8.61. The molecule has 0 spiro atoms.